The van der Waals surface area contributed by atoms with E-state index in [-0.39, 0.29) is 0 Å². The van der Waals surface area contributed by atoms with Crippen molar-refractivity contribution < 1.29 is 0 Å². The van der Waals surface area contributed by atoms with E-state index in [0.717, 1.165) is 13.2 Å². The Hall–Kier alpha value is -1.02. The van der Waals surface area contributed by atoms with Gasteiger partial charge in [0.2, 0.25) is 0 Å². The molecule has 1 atom stereocenters. The molecule has 2 bridgehead atoms. The molecule has 1 aromatic carbocycles. The maximum atomic E-state index is 2.52. The van der Waals surface area contributed by atoms with Crippen LogP contribution in [0.1, 0.15) is 12.0 Å². The maximum Gasteiger partial charge on any atom is 0.0710 e. The number of hydrogen-bond donors (Lipinski definition) is 0. The molecule has 13 heavy (non-hydrogen) atoms. The number of benzene rings is 1. The first-order valence-corrected chi connectivity index (χ1v) is 4.99. The molecule has 1 fully saturated rings. The highest BCUT2D eigenvalue weighted by atomic mass is 15.3. The van der Waals surface area contributed by atoms with Crippen molar-refractivity contribution in [3.63, 3.8) is 0 Å². The Labute approximate surface area is 78.8 Å². The first-order valence-electron chi connectivity index (χ1n) is 4.99. The van der Waals surface area contributed by atoms with Crippen LogP contribution in [0, 0.1) is 0 Å². The summed E-state index contributed by atoms with van der Waals surface area (Å²) in [7, 11) is 0. The van der Waals surface area contributed by atoms with Gasteiger partial charge in [-0.3, -0.25) is 4.90 Å². The second-order valence-electron chi connectivity index (χ2n) is 3.94. The minimum absolute atomic E-state index is 1.14. The van der Waals surface area contributed by atoms with Crippen LogP contribution in [-0.2, 0) is 6.54 Å². The number of rotatable bonds is 0. The average molecular weight is 174 g/mol. The van der Waals surface area contributed by atoms with Gasteiger partial charge in [0.1, 0.15) is 0 Å². The molecule has 2 aliphatic heterocycles. The molecule has 0 aliphatic carbocycles. The normalized spacial score (nSPS) is 25.5. The van der Waals surface area contributed by atoms with Gasteiger partial charge < -0.3 is 4.90 Å². The van der Waals surface area contributed by atoms with E-state index in [0.29, 0.717) is 0 Å². The van der Waals surface area contributed by atoms with E-state index in [9.17, 15) is 0 Å². The predicted octanol–water partition coefficient (Wildman–Crippen LogP) is 1.67. The SMILES string of the molecule is c1ccc2c(c1)CN1CCCN2C1. The predicted molar refractivity (Wildman–Crippen MR) is 53.7 cm³/mol. The molecule has 0 radical (unpaired) electrons. The van der Waals surface area contributed by atoms with Crippen molar-refractivity contribution in [1.29, 1.82) is 0 Å². The molecule has 0 amide bonds. The quantitative estimate of drug-likeness (QED) is 0.590. The molecule has 2 heterocycles. The lowest BCUT2D eigenvalue weighted by Crippen LogP contribution is -2.48. The molecule has 1 saturated heterocycles. The topological polar surface area (TPSA) is 6.48 Å². The summed E-state index contributed by atoms with van der Waals surface area (Å²) in [4.78, 5) is 5.01. The molecule has 1 aromatic rings. The monoisotopic (exact) mass is 174 g/mol. The summed E-state index contributed by atoms with van der Waals surface area (Å²) in [5, 5.41) is 0. The zero-order valence-electron chi connectivity index (χ0n) is 7.74. The molecule has 2 nitrogen and oxygen atoms in total. The fourth-order valence-electron chi connectivity index (χ4n) is 2.39. The lowest BCUT2D eigenvalue weighted by molar-refractivity contribution is 0.220. The Bertz CT molecular complexity index is 322. The number of anilines is 1. The summed E-state index contributed by atoms with van der Waals surface area (Å²) in [6.07, 6.45) is 1.31. The van der Waals surface area contributed by atoms with E-state index in [1.165, 1.54) is 30.8 Å². The Morgan fingerprint density at radius 3 is 3.00 bits per heavy atom. The largest absolute Gasteiger partial charge is 0.358 e. The highest BCUT2D eigenvalue weighted by molar-refractivity contribution is 5.55. The standard InChI is InChI=1S/C11H14N2/c1-2-5-11-10(4-1)8-12-6-3-7-13(11)9-12/h1-2,4-5H,3,6-9H2. The van der Waals surface area contributed by atoms with E-state index in [4.69, 9.17) is 0 Å². The van der Waals surface area contributed by atoms with Crippen LogP contribution in [-0.4, -0.2) is 24.7 Å². The van der Waals surface area contributed by atoms with E-state index >= 15 is 0 Å². The van der Waals surface area contributed by atoms with Crippen LogP contribution in [0.15, 0.2) is 24.3 Å². The van der Waals surface area contributed by atoms with Crippen molar-refractivity contribution in [1.82, 2.24) is 4.90 Å². The Kier molecular flexibility index (Phi) is 1.56. The first kappa shape index (κ1) is 7.39. The molecular weight excluding hydrogens is 160 g/mol. The molecule has 68 valence electrons. The number of nitrogens with zero attached hydrogens (tertiary/aromatic N) is 2. The highest BCUT2D eigenvalue weighted by Gasteiger charge is 2.24. The van der Waals surface area contributed by atoms with Crippen molar-refractivity contribution >= 4 is 5.69 Å². The fraction of sp³-hybridized carbons (Fsp3) is 0.455. The van der Waals surface area contributed by atoms with Gasteiger partial charge in [0.05, 0.1) is 6.67 Å². The summed E-state index contributed by atoms with van der Waals surface area (Å²) in [6, 6.07) is 8.78. The van der Waals surface area contributed by atoms with Gasteiger partial charge in [0.25, 0.3) is 0 Å². The van der Waals surface area contributed by atoms with E-state index in [1.807, 2.05) is 0 Å². The smallest absolute Gasteiger partial charge is 0.0710 e. The third kappa shape index (κ3) is 1.13. The van der Waals surface area contributed by atoms with Crippen molar-refractivity contribution in [3.8, 4) is 0 Å². The van der Waals surface area contributed by atoms with Gasteiger partial charge in [0.15, 0.2) is 0 Å². The summed E-state index contributed by atoms with van der Waals surface area (Å²) in [6.45, 7) is 4.78. The molecule has 0 aromatic heterocycles. The molecule has 0 N–H and O–H groups in total. The summed E-state index contributed by atoms with van der Waals surface area (Å²) in [5.41, 5.74) is 2.95. The second-order valence-corrected chi connectivity index (χ2v) is 3.94. The first-order chi connectivity index (χ1) is 6.43. The fourth-order valence-corrected chi connectivity index (χ4v) is 2.39. The molecule has 2 heteroatoms. The van der Waals surface area contributed by atoms with Crippen molar-refractivity contribution in [2.45, 2.75) is 13.0 Å². The van der Waals surface area contributed by atoms with Crippen LogP contribution in [0.4, 0.5) is 5.69 Å². The third-order valence-corrected chi connectivity index (χ3v) is 3.00. The summed E-state index contributed by atoms with van der Waals surface area (Å²) < 4.78 is 0. The summed E-state index contributed by atoms with van der Waals surface area (Å²) in [5.74, 6) is 0. The number of para-hydroxylation sites is 1. The van der Waals surface area contributed by atoms with Crippen LogP contribution >= 0.6 is 0 Å². The Morgan fingerprint density at radius 2 is 2.00 bits per heavy atom. The Morgan fingerprint density at radius 1 is 1.08 bits per heavy atom. The van der Waals surface area contributed by atoms with Gasteiger partial charge in [-0.25, -0.2) is 0 Å². The van der Waals surface area contributed by atoms with Gasteiger partial charge in [-0.15, -0.1) is 0 Å². The lowest BCUT2D eigenvalue weighted by atomic mass is 10.1. The summed E-state index contributed by atoms with van der Waals surface area (Å²) >= 11 is 0. The molecule has 0 spiro atoms. The molecule has 2 aliphatic rings. The molecule has 0 saturated carbocycles. The molecule has 3 rings (SSSR count). The average Bonchev–Trinajstić information content (AvgIpc) is 2.18. The zero-order chi connectivity index (χ0) is 8.67. The van der Waals surface area contributed by atoms with Gasteiger partial charge in [0, 0.05) is 25.3 Å². The van der Waals surface area contributed by atoms with Crippen molar-refractivity contribution in [2.75, 3.05) is 24.7 Å². The minimum atomic E-state index is 1.14. The molecular formula is C11H14N2. The van der Waals surface area contributed by atoms with Gasteiger partial charge in [-0.1, -0.05) is 18.2 Å². The Balaban J connectivity index is 2.06. The van der Waals surface area contributed by atoms with Crippen LogP contribution < -0.4 is 4.90 Å². The second kappa shape index (κ2) is 2.74. The number of hydrogen-bond acceptors (Lipinski definition) is 2. The van der Waals surface area contributed by atoms with Crippen molar-refractivity contribution in [2.24, 2.45) is 0 Å². The minimum Gasteiger partial charge on any atom is -0.358 e. The number of fused-ring (bicyclic) bond motifs is 4. The van der Waals surface area contributed by atoms with Crippen LogP contribution in [0.5, 0.6) is 0 Å². The van der Waals surface area contributed by atoms with Crippen LogP contribution in [0.2, 0.25) is 0 Å². The van der Waals surface area contributed by atoms with Gasteiger partial charge in [-0.05, 0) is 18.1 Å². The van der Waals surface area contributed by atoms with Crippen molar-refractivity contribution in [3.05, 3.63) is 29.8 Å². The third-order valence-electron chi connectivity index (χ3n) is 3.00. The molecule has 1 unspecified atom stereocenters. The van der Waals surface area contributed by atoms with E-state index in [2.05, 4.69) is 34.1 Å². The van der Waals surface area contributed by atoms with Crippen LogP contribution in [0.25, 0.3) is 0 Å². The van der Waals surface area contributed by atoms with Gasteiger partial charge in [-0.2, -0.15) is 0 Å². The van der Waals surface area contributed by atoms with E-state index < -0.39 is 0 Å². The lowest BCUT2D eigenvalue weighted by Gasteiger charge is -2.42. The van der Waals surface area contributed by atoms with Crippen LogP contribution in [0.3, 0.4) is 0 Å². The maximum absolute atomic E-state index is 2.52. The van der Waals surface area contributed by atoms with Gasteiger partial charge >= 0.3 is 0 Å². The van der Waals surface area contributed by atoms with E-state index in [1.54, 1.807) is 0 Å². The highest BCUT2D eigenvalue weighted by Crippen LogP contribution is 2.29. The zero-order valence-corrected chi connectivity index (χ0v) is 7.74.